The van der Waals surface area contributed by atoms with Gasteiger partial charge in [0.15, 0.2) is 5.05 Å². The zero-order chi connectivity index (χ0) is 8.27. The average molecular weight is 168 g/mol. The SMILES string of the molecule is COC(=S)c1cnc(C)nc1. The van der Waals surface area contributed by atoms with Crippen molar-refractivity contribution < 1.29 is 4.74 Å². The van der Waals surface area contributed by atoms with Crippen LogP contribution in [0.2, 0.25) is 0 Å². The standard InChI is InChI=1S/C7H8N2OS/c1-5-8-3-6(4-9-5)7(11)10-2/h3-4H,1-2H3. The molecule has 0 saturated carbocycles. The molecule has 1 heterocycles. The summed E-state index contributed by atoms with van der Waals surface area (Å²) in [5.41, 5.74) is 0.744. The van der Waals surface area contributed by atoms with Gasteiger partial charge < -0.3 is 4.74 Å². The Morgan fingerprint density at radius 1 is 1.45 bits per heavy atom. The molecule has 0 aliphatic heterocycles. The van der Waals surface area contributed by atoms with Gasteiger partial charge in [-0.25, -0.2) is 9.97 Å². The first-order chi connectivity index (χ1) is 5.24. The molecular formula is C7H8N2OS. The first-order valence-corrected chi connectivity index (χ1v) is 3.52. The fourth-order valence-corrected chi connectivity index (χ4v) is 0.721. The largest absolute Gasteiger partial charge is 0.486 e. The Hall–Kier alpha value is -1.03. The summed E-state index contributed by atoms with van der Waals surface area (Å²) >= 11 is 4.86. The summed E-state index contributed by atoms with van der Waals surface area (Å²) in [5, 5.41) is 0.421. The minimum atomic E-state index is 0.421. The summed E-state index contributed by atoms with van der Waals surface area (Å²) in [6.45, 7) is 1.82. The van der Waals surface area contributed by atoms with Crippen LogP contribution in [0.5, 0.6) is 0 Å². The second-order valence-electron chi connectivity index (χ2n) is 2.01. The number of hydrogen-bond acceptors (Lipinski definition) is 4. The lowest BCUT2D eigenvalue weighted by molar-refractivity contribution is 0.415. The van der Waals surface area contributed by atoms with E-state index in [-0.39, 0.29) is 0 Å². The molecule has 0 saturated heterocycles. The van der Waals surface area contributed by atoms with Crippen molar-refractivity contribution in [3.8, 4) is 0 Å². The van der Waals surface area contributed by atoms with Gasteiger partial charge in [0.2, 0.25) is 0 Å². The van der Waals surface area contributed by atoms with Gasteiger partial charge in [-0.1, -0.05) is 0 Å². The van der Waals surface area contributed by atoms with Crippen molar-refractivity contribution >= 4 is 17.3 Å². The zero-order valence-corrected chi connectivity index (χ0v) is 7.18. The van der Waals surface area contributed by atoms with Gasteiger partial charge in [-0.3, -0.25) is 0 Å². The van der Waals surface area contributed by atoms with E-state index in [9.17, 15) is 0 Å². The van der Waals surface area contributed by atoms with Crippen LogP contribution in [-0.2, 0) is 4.74 Å². The summed E-state index contributed by atoms with van der Waals surface area (Å²) in [6, 6.07) is 0. The lowest BCUT2D eigenvalue weighted by Gasteiger charge is -1.99. The molecule has 1 aromatic rings. The van der Waals surface area contributed by atoms with Crippen LogP contribution in [0.1, 0.15) is 11.4 Å². The molecule has 0 unspecified atom stereocenters. The quantitative estimate of drug-likeness (QED) is 0.588. The van der Waals surface area contributed by atoms with Crippen LogP contribution in [0.4, 0.5) is 0 Å². The van der Waals surface area contributed by atoms with Gasteiger partial charge in [-0.15, -0.1) is 0 Å². The van der Waals surface area contributed by atoms with Gasteiger partial charge in [-0.2, -0.15) is 0 Å². The Labute approximate surface area is 70.4 Å². The maximum absolute atomic E-state index is 4.86. The van der Waals surface area contributed by atoms with Crippen molar-refractivity contribution in [2.24, 2.45) is 0 Å². The Balaban J connectivity index is 2.90. The van der Waals surface area contributed by atoms with Crippen molar-refractivity contribution in [3.05, 3.63) is 23.8 Å². The molecule has 11 heavy (non-hydrogen) atoms. The molecule has 1 rings (SSSR count). The van der Waals surface area contributed by atoms with Crippen LogP contribution >= 0.6 is 12.2 Å². The zero-order valence-electron chi connectivity index (χ0n) is 6.37. The van der Waals surface area contributed by atoms with E-state index in [2.05, 4.69) is 9.97 Å². The number of aryl methyl sites for hydroxylation is 1. The summed E-state index contributed by atoms with van der Waals surface area (Å²) in [5.74, 6) is 0.729. The van der Waals surface area contributed by atoms with E-state index in [0.29, 0.717) is 5.05 Å². The van der Waals surface area contributed by atoms with Gasteiger partial charge in [0.25, 0.3) is 0 Å². The smallest absolute Gasteiger partial charge is 0.194 e. The van der Waals surface area contributed by atoms with Crippen molar-refractivity contribution in [2.45, 2.75) is 6.92 Å². The van der Waals surface area contributed by atoms with E-state index in [0.717, 1.165) is 11.4 Å². The summed E-state index contributed by atoms with van der Waals surface area (Å²) < 4.78 is 4.83. The topological polar surface area (TPSA) is 35.0 Å². The fourth-order valence-electron chi connectivity index (χ4n) is 0.616. The highest BCUT2D eigenvalue weighted by molar-refractivity contribution is 7.80. The fraction of sp³-hybridized carbons (Fsp3) is 0.286. The molecule has 0 N–H and O–H groups in total. The Kier molecular flexibility index (Phi) is 2.48. The van der Waals surface area contributed by atoms with E-state index in [1.807, 2.05) is 6.92 Å². The van der Waals surface area contributed by atoms with Crippen LogP contribution in [0.3, 0.4) is 0 Å². The van der Waals surface area contributed by atoms with Gasteiger partial charge >= 0.3 is 0 Å². The molecule has 0 fully saturated rings. The number of rotatable bonds is 1. The molecule has 4 heteroatoms. The van der Waals surface area contributed by atoms with Gasteiger partial charge in [-0.05, 0) is 19.1 Å². The summed E-state index contributed by atoms with van der Waals surface area (Å²) in [6.07, 6.45) is 3.29. The summed E-state index contributed by atoms with van der Waals surface area (Å²) in [7, 11) is 1.53. The second-order valence-corrected chi connectivity index (χ2v) is 2.38. The van der Waals surface area contributed by atoms with E-state index in [1.165, 1.54) is 7.11 Å². The van der Waals surface area contributed by atoms with Crippen LogP contribution in [0.25, 0.3) is 0 Å². The highest BCUT2D eigenvalue weighted by atomic mass is 32.1. The molecule has 58 valence electrons. The van der Waals surface area contributed by atoms with Gasteiger partial charge in [0.05, 0.1) is 12.7 Å². The lowest BCUT2D eigenvalue weighted by Crippen LogP contribution is -2.01. The Morgan fingerprint density at radius 3 is 2.45 bits per heavy atom. The molecule has 3 nitrogen and oxygen atoms in total. The molecular weight excluding hydrogens is 160 g/mol. The van der Waals surface area contributed by atoms with E-state index in [1.54, 1.807) is 12.4 Å². The third kappa shape index (κ3) is 1.94. The van der Waals surface area contributed by atoms with E-state index < -0.39 is 0 Å². The number of thiocarbonyl (C=S) groups is 1. The maximum Gasteiger partial charge on any atom is 0.194 e. The van der Waals surface area contributed by atoms with Crippen LogP contribution in [0, 0.1) is 6.92 Å². The van der Waals surface area contributed by atoms with Crippen molar-refractivity contribution in [2.75, 3.05) is 7.11 Å². The van der Waals surface area contributed by atoms with Crippen LogP contribution < -0.4 is 0 Å². The Morgan fingerprint density at radius 2 is 2.00 bits per heavy atom. The van der Waals surface area contributed by atoms with Gasteiger partial charge in [0, 0.05) is 12.4 Å². The monoisotopic (exact) mass is 168 g/mol. The third-order valence-corrected chi connectivity index (χ3v) is 1.60. The molecule has 0 atom stereocenters. The summed E-state index contributed by atoms with van der Waals surface area (Å²) in [4.78, 5) is 7.94. The molecule has 0 aliphatic carbocycles. The molecule has 0 bridgehead atoms. The molecule has 0 radical (unpaired) electrons. The first-order valence-electron chi connectivity index (χ1n) is 3.11. The molecule has 0 aliphatic rings. The number of ether oxygens (including phenoxy) is 1. The minimum absolute atomic E-state index is 0.421. The van der Waals surface area contributed by atoms with Crippen molar-refractivity contribution in [3.63, 3.8) is 0 Å². The third-order valence-electron chi connectivity index (χ3n) is 1.20. The van der Waals surface area contributed by atoms with Crippen molar-refractivity contribution in [1.29, 1.82) is 0 Å². The normalized spacial score (nSPS) is 9.27. The predicted molar refractivity (Wildman–Crippen MR) is 45.5 cm³/mol. The lowest BCUT2D eigenvalue weighted by atomic mass is 10.4. The molecule has 1 aromatic heterocycles. The second kappa shape index (κ2) is 3.39. The van der Waals surface area contributed by atoms with Crippen LogP contribution in [0.15, 0.2) is 12.4 Å². The highest BCUT2D eigenvalue weighted by Gasteiger charge is 1.99. The number of hydrogen-bond donors (Lipinski definition) is 0. The number of methoxy groups -OCH3 is 1. The van der Waals surface area contributed by atoms with Gasteiger partial charge in [0.1, 0.15) is 5.82 Å². The molecule has 0 spiro atoms. The Bertz CT molecular complexity index is 258. The molecule has 0 aromatic carbocycles. The van der Waals surface area contributed by atoms with E-state index in [4.69, 9.17) is 17.0 Å². The average Bonchev–Trinajstić information content (AvgIpc) is 2.05. The van der Waals surface area contributed by atoms with Crippen molar-refractivity contribution in [1.82, 2.24) is 9.97 Å². The van der Waals surface area contributed by atoms with Crippen LogP contribution in [-0.4, -0.2) is 22.1 Å². The predicted octanol–water partition coefficient (Wildman–Crippen LogP) is 1.11. The van der Waals surface area contributed by atoms with E-state index >= 15 is 0 Å². The number of aromatic nitrogens is 2. The molecule has 0 amide bonds. The first kappa shape index (κ1) is 8.07. The minimum Gasteiger partial charge on any atom is -0.486 e. The maximum atomic E-state index is 4.86. The highest BCUT2D eigenvalue weighted by Crippen LogP contribution is 1.98. The number of nitrogens with zero attached hydrogens (tertiary/aromatic N) is 2.